The zero-order valence-electron chi connectivity index (χ0n) is 12.3. The number of hydrogen-bond acceptors (Lipinski definition) is 1. The highest BCUT2D eigenvalue weighted by Crippen LogP contribution is 2.50. The molecule has 1 nitrogen and oxygen atoms in total. The summed E-state index contributed by atoms with van der Waals surface area (Å²) in [4.78, 5) is 0. The molecule has 1 aliphatic heterocycles. The van der Waals surface area contributed by atoms with Crippen molar-refractivity contribution in [1.29, 1.82) is 0 Å². The van der Waals surface area contributed by atoms with Crippen LogP contribution in [0.1, 0.15) is 74.1 Å². The van der Waals surface area contributed by atoms with Gasteiger partial charge < -0.3 is 4.74 Å². The van der Waals surface area contributed by atoms with Crippen LogP contribution in [0.5, 0.6) is 0 Å². The first kappa shape index (κ1) is 14.0. The molecule has 2 unspecified atom stereocenters. The number of epoxide rings is 1. The van der Waals surface area contributed by atoms with Gasteiger partial charge in [0.05, 0.1) is 11.7 Å². The molecule has 1 aliphatic rings. The summed E-state index contributed by atoms with van der Waals surface area (Å²) < 4.78 is 5.98. The molecule has 0 bridgehead atoms. The first-order valence-electron chi connectivity index (χ1n) is 6.82. The van der Waals surface area contributed by atoms with E-state index in [-0.39, 0.29) is 5.60 Å². The second-order valence-electron chi connectivity index (χ2n) is 7.34. The van der Waals surface area contributed by atoms with E-state index in [2.05, 4.69) is 48.5 Å². The van der Waals surface area contributed by atoms with E-state index in [1.165, 1.54) is 25.7 Å². The molecule has 0 spiro atoms. The summed E-state index contributed by atoms with van der Waals surface area (Å²) in [6.07, 6.45) is 5.37. The van der Waals surface area contributed by atoms with E-state index in [1.54, 1.807) is 0 Å². The van der Waals surface area contributed by atoms with E-state index in [0.717, 1.165) is 0 Å². The van der Waals surface area contributed by atoms with Crippen LogP contribution in [0.2, 0.25) is 0 Å². The molecule has 2 atom stereocenters. The molecule has 1 fully saturated rings. The van der Waals surface area contributed by atoms with E-state index in [0.29, 0.717) is 16.9 Å². The Morgan fingerprint density at radius 3 is 1.94 bits per heavy atom. The van der Waals surface area contributed by atoms with Crippen molar-refractivity contribution in [3.8, 4) is 0 Å². The molecule has 0 aromatic rings. The molecule has 16 heavy (non-hydrogen) atoms. The Bertz CT molecular complexity index is 242. The molecule has 1 heterocycles. The van der Waals surface area contributed by atoms with E-state index < -0.39 is 0 Å². The number of hydrogen-bond donors (Lipinski definition) is 0. The summed E-state index contributed by atoms with van der Waals surface area (Å²) in [6.45, 7) is 16.2. The fourth-order valence-electron chi connectivity index (χ4n) is 2.43. The van der Waals surface area contributed by atoms with Gasteiger partial charge in [-0.1, -0.05) is 54.4 Å². The molecule has 0 radical (unpaired) electrons. The molecule has 0 N–H and O–H groups in total. The van der Waals surface area contributed by atoms with Crippen molar-refractivity contribution in [3.05, 3.63) is 0 Å². The van der Waals surface area contributed by atoms with Crippen LogP contribution in [0.3, 0.4) is 0 Å². The van der Waals surface area contributed by atoms with E-state index >= 15 is 0 Å². The van der Waals surface area contributed by atoms with Gasteiger partial charge in [0, 0.05) is 0 Å². The standard InChI is InChI=1S/C15H30O/c1-8-13(3,4)10-12-15(7,16-12)11-14(5,6)9-2/h12H,8-11H2,1-7H3. The van der Waals surface area contributed by atoms with Crippen molar-refractivity contribution in [2.45, 2.75) is 85.9 Å². The lowest BCUT2D eigenvalue weighted by molar-refractivity contribution is 0.205. The van der Waals surface area contributed by atoms with Gasteiger partial charge in [-0.3, -0.25) is 0 Å². The molecule has 0 amide bonds. The smallest absolute Gasteiger partial charge is 0.0925 e. The van der Waals surface area contributed by atoms with Gasteiger partial charge in [-0.05, 0) is 30.6 Å². The van der Waals surface area contributed by atoms with Crippen LogP contribution in [-0.2, 0) is 4.74 Å². The fourth-order valence-corrected chi connectivity index (χ4v) is 2.43. The van der Waals surface area contributed by atoms with Crippen LogP contribution in [0, 0.1) is 10.8 Å². The summed E-state index contributed by atoms with van der Waals surface area (Å²) in [5.74, 6) is 0. The average Bonchev–Trinajstić information content (AvgIpc) is 2.74. The minimum atomic E-state index is 0.159. The Labute approximate surface area is 102 Å². The molecular formula is C15H30O. The highest BCUT2D eigenvalue weighted by atomic mass is 16.6. The topological polar surface area (TPSA) is 12.5 Å². The van der Waals surface area contributed by atoms with Crippen LogP contribution in [0.25, 0.3) is 0 Å². The normalized spacial score (nSPS) is 30.6. The van der Waals surface area contributed by atoms with Gasteiger partial charge in [0.25, 0.3) is 0 Å². The lowest BCUT2D eigenvalue weighted by atomic mass is 9.76. The maximum Gasteiger partial charge on any atom is 0.0925 e. The van der Waals surface area contributed by atoms with E-state index in [1.807, 2.05) is 0 Å². The van der Waals surface area contributed by atoms with Gasteiger partial charge in [-0.15, -0.1) is 0 Å². The largest absolute Gasteiger partial charge is 0.366 e. The lowest BCUT2D eigenvalue weighted by Gasteiger charge is -2.26. The highest BCUT2D eigenvalue weighted by molar-refractivity contribution is 5.03. The Balaban J connectivity index is 2.48. The Kier molecular flexibility index (Phi) is 3.79. The van der Waals surface area contributed by atoms with Crippen molar-refractivity contribution < 1.29 is 4.74 Å². The Morgan fingerprint density at radius 1 is 1.00 bits per heavy atom. The van der Waals surface area contributed by atoms with Gasteiger partial charge in [-0.25, -0.2) is 0 Å². The van der Waals surface area contributed by atoms with E-state index in [4.69, 9.17) is 4.74 Å². The van der Waals surface area contributed by atoms with Gasteiger partial charge in [-0.2, -0.15) is 0 Å². The van der Waals surface area contributed by atoms with Crippen molar-refractivity contribution >= 4 is 0 Å². The highest BCUT2D eigenvalue weighted by Gasteiger charge is 2.55. The molecule has 0 aliphatic carbocycles. The quantitative estimate of drug-likeness (QED) is 0.593. The molecule has 0 saturated carbocycles. The first-order valence-corrected chi connectivity index (χ1v) is 6.82. The summed E-state index contributed by atoms with van der Waals surface area (Å²) >= 11 is 0. The maximum absolute atomic E-state index is 5.98. The summed E-state index contributed by atoms with van der Waals surface area (Å²) in [6, 6.07) is 0. The van der Waals surface area contributed by atoms with Gasteiger partial charge in [0.15, 0.2) is 0 Å². The summed E-state index contributed by atoms with van der Waals surface area (Å²) in [5, 5.41) is 0. The number of rotatable bonds is 6. The van der Waals surface area contributed by atoms with Crippen LogP contribution in [0.15, 0.2) is 0 Å². The first-order chi connectivity index (χ1) is 7.14. The molecule has 1 saturated heterocycles. The SMILES string of the molecule is CCC(C)(C)CC1OC1(C)CC(C)(C)CC. The zero-order valence-corrected chi connectivity index (χ0v) is 12.3. The predicted molar refractivity (Wildman–Crippen MR) is 70.7 cm³/mol. The number of ether oxygens (including phenoxy) is 1. The van der Waals surface area contributed by atoms with Gasteiger partial charge >= 0.3 is 0 Å². The molecule has 1 heteroatoms. The third-order valence-corrected chi connectivity index (χ3v) is 4.52. The van der Waals surface area contributed by atoms with Crippen molar-refractivity contribution in [3.63, 3.8) is 0 Å². The van der Waals surface area contributed by atoms with E-state index in [9.17, 15) is 0 Å². The Morgan fingerprint density at radius 2 is 1.50 bits per heavy atom. The minimum absolute atomic E-state index is 0.159. The predicted octanol–water partition coefficient (Wildman–Crippen LogP) is 4.80. The molecular weight excluding hydrogens is 196 g/mol. The van der Waals surface area contributed by atoms with Gasteiger partial charge in [0.1, 0.15) is 0 Å². The maximum atomic E-state index is 5.98. The monoisotopic (exact) mass is 226 g/mol. The Hall–Kier alpha value is -0.0400. The molecule has 0 aromatic carbocycles. The summed E-state index contributed by atoms with van der Waals surface area (Å²) in [7, 11) is 0. The fraction of sp³-hybridized carbons (Fsp3) is 1.00. The minimum Gasteiger partial charge on any atom is -0.366 e. The van der Waals surface area contributed by atoms with Gasteiger partial charge in [0.2, 0.25) is 0 Å². The second-order valence-corrected chi connectivity index (χ2v) is 7.34. The molecule has 96 valence electrons. The third kappa shape index (κ3) is 3.48. The molecule has 0 aromatic heterocycles. The average molecular weight is 226 g/mol. The van der Waals surface area contributed by atoms with Crippen LogP contribution >= 0.6 is 0 Å². The lowest BCUT2D eigenvalue weighted by Crippen LogP contribution is -2.24. The van der Waals surface area contributed by atoms with Crippen LogP contribution in [-0.4, -0.2) is 11.7 Å². The van der Waals surface area contributed by atoms with Crippen LogP contribution in [0.4, 0.5) is 0 Å². The molecule has 1 rings (SSSR count). The zero-order chi connectivity index (χ0) is 12.6. The van der Waals surface area contributed by atoms with Crippen molar-refractivity contribution in [1.82, 2.24) is 0 Å². The van der Waals surface area contributed by atoms with Crippen molar-refractivity contribution in [2.75, 3.05) is 0 Å². The van der Waals surface area contributed by atoms with Crippen LogP contribution < -0.4 is 0 Å². The third-order valence-electron chi connectivity index (χ3n) is 4.52. The second kappa shape index (κ2) is 4.33. The van der Waals surface area contributed by atoms with Crippen molar-refractivity contribution in [2.24, 2.45) is 10.8 Å². The summed E-state index contributed by atoms with van der Waals surface area (Å²) in [5.41, 5.74) is 1.00.